The van der Waals surface area contributed by atoms with Gasteiger partial charge in [0.2, 0.25) is 0 Å². The highest BCUT2D eigenvalue weighted by atomic mass is 16.6. The molecule has 1 saturated carbocycles. The molecule has 70 valence electrons. The Hall–Kier alpha value is -1.12. The lowest BCUT2D eigenvalue weighted by Crippen LogP contribution is -2.33. The summed E-state index contributed by atoms with van der Waals surface area (Å²) in [5.74, 6) is 0.398. The Morgan fingerprint density at radius 3 is 2.69 bits per heavy atom. The third kappa shape index (κ3) is 1.50. The van der Waals surface area contributed by atoms with Crippen LogP contribution in [0.4, 0.5) is 0 Å². The Morgan fingerprint density at radius 2 is 2.23 bits per heavy atom. The van der Waals surface area contributed by atoms with Crippen LogP contribution in [0.15, 0.2) is 12.2 Å². The number of carbonyl (C=O) groups is 2. The molecular formula is C10H12O3. The molecular weight excluding hydrogens is 168 g/mol. The highest BCUT2D eigenvalue weighted by Crippen LogP contribution is 2.40. The van der Waals surface area contributed by atoms with Crippen LogP contribution >= 0.6 is 0 Å². The zero-order valence-electron chi connectivity index (χ0n) is 7.31. The van der Waals surface area contributed by atoms with Crippen molar-refractivity contribution < 1.29 is 14.3 Å². The van der Waals surface area contributed by atoms with Crippen LogP contribution in [0.25, 0.3) is 0 Å². The molecule has 0 aromatic carbocycles. The van der Waals surface area contributed by atoms with Gasteiger partial charge in [-0.05, 0) is 31.1 Å². The first kappa shape index (κ1) is 8.48. The first-order valence-corrected chi connectivity index (χ1v) is 4.63. The maximum Gasteiger partial charge on any atom is 0.317 e. The fourth-order valence-corrected chi connectivity index (χ4v) is 2.34. The SMILES string of the molecule is O=COC(=O)C1CC2C=CC1CC2. The Labute approximate surface area is 76.8 Å². The molecule has 3 aliphatic rings. The summed E-state index contributed by atoms with van der Waals surface area (Å²) >= 11 is 0. The van der Waals surface area contributed by atoms with E-state index < -0.39 is 0 Å². The van der Waals surface area contributed by atoms with E-state index in [2.05, 4.69) is 16.9 Å². The van der Waals surface area contributed by atoms with Gasteiger partial charge in [-0.3, -0.25) is 9.59 Å². The van der Waals surface area contributed by atoms with Gasteiger partial charge in [-0.15, -0.1) is 0 Å². The monoisotopic (exact) mass is 180 g/mol. The number of allylic oxidation sites excluding steroid dienone is 2. The van der Waals surface area contributed by atoms with E-state index in [-0.39, 0.29) is 18.4 Å². The molecule has 0 heterocycles. The fourth-order valence-electron chi connectivity index (χ4n) is 2.34. The van der Waals surface area contributed by atoms with Gasteiger partial charge in [-0.25, -0.2) is 0 Å². The van der Waals surface area contributed by atoms with Gasteiger partial charge in [-0.2, -0.15) is 0 Å². The molecule has 0 radical (unpaired) electrons. The zero-order chi connectivity index (χ0) is 9.26. The summed E-state index contributed by atoms with van der Waals surface area (Å²) in [5, 5.41) is 0. The Morgan fingerprint density at radius 1 is 1.38 bits per heavy atom. The van der Waals surface area contributed by atoms with Gasteiger partial charge in [-0.1, -0.05) is 12.2 Å². The van der Waals surface area contributed by atoms with E-state index >= 15 is 0 Å². The molecule has 0 spiro atoms. The number of carbonyl (C=O) groups excluding carboxylic acids is 2. The first-order valence-electron chi connectivity index (χ1n) is 4.63. The van der Waals surface area contributed by atoms with Crippen LogP contribution < -0.4 is 0 Å². The van der Waals surface area contributed by atoms with Crippen molar-refractivity contribution in [3.8, 4) is 0 Å². The van der Waals surface area contributed by atoms with Crippen LogP contribution in [0.3, 0.4) is 0 Å². The summed E-state index contributed by atoms with van der Waals surface area (Å²) in [6.45, 7) is 0.230. The fraction of sp³-hybridized carbons (Fsp3) is 0.600. The molecule has 13 heavy (non-hydrogen) atoms. The summed E-state index contributed by atoms with van der Waals surface area (Å²) in [6, 6.07) is 0. The molecule has 0 amide bonds. The third-order valence-corrected chi connectivity index (χ3v) is 3.04. The molecule has 3 nitrogen and oxygen atoms in total. The predicted octanol–water partition coefficient (Wildman–Crippen LogP) is 1.29. The van der Waals surface area contributed by atoms with Crippen LogP contribution in [0.2, 0.25) is 0 Å². The van der Waals surface area contributed by atoms with Crippen molar-refractivity contribution in [1.82, 2.24) is 0 Å². The van der Waals surface area contributed by atoms with E-state index in [9.17, 15) is 9.59 Å². The van der Waals surface area contributed by atoms with Gasteiger partial charge >= 0.3 is 12.4 Å². The standard InChI is InChI=1S/C10H12O3/c11-6-13-10(12)9-5-7-1-3-8(9)4-2-7/h1,3,6-9H,2,4-5H2. The summed E-state index contributed by atoms with van der Waals surface area (Å²) in [7, 11) is 0. The molecule has 3 aliphatic carbocycles. The lowest BCUT2D eigenvalue weighted by atomic mass is 9.69. The van der Waals surface area contributed by atoms with Gasteiger partial charge < -0.3 is 4.74 Å². The highest BCUT2D eigenvalue weighted by molar-refractivity contribution is 5.79. The summed E-state index contributed by atoms with van der Waals surface area (Å²) in [6.07, 6.45) is 7.35. The van der Waals surface area contributed by atoms with E-state index in [1.54, 1.807) is 0 Å². The molecule has 3 heteroatoms. The molecule has 1 fully saturated rings. The smallest absolute Gasteiger partial charge is 0.317 e. The van der Waals surface area contributed by atoms with Crippen LogP contribution in [0, 0.1) is 17.8 Å². The van der Waals surface area contributed by atoms with E-state index in [1.165, 1.54) is 6.42 Å². The lowest BCUT2D eigenvalue weighted by Gasteiger charge is -2.35. The number of fused-ring (bicyclic) bond motifs is 2. The van der Waals surface area contributed by atoms with Gasteiger partial charge in [0.25, 0.3) is 0 Å². The number of hydrogen-bond acceptors (Lipinski definition) is 3. The van der Waals surface area contributed by atoms with Gasteiger partial charge in [0, 0.05) is 0 Å². The van der Waals surface area contributed by atoms with E-state index in [0.29, 0.717) is 11.8 Å². The molecule has 3 atom stereocenters. The summed E-state index contributed by atoms with van der Waals surface area (Å²) in [5.41, 5.74) is 0. The number of esters is 1. The first-order chi connectivity index (χ1) is 6.31. The van der Waals surface area contributed by atoms with Gasteiger partial charge in [0.05, 0.1) is 5.92 Å². The van der Waals surface area contributed by atoms with Gasteiger partial charge in [0.15, 0.2) is 0 Å². The molecule has 3 unspecified atom stereocenters. The quantitative estimate of drug-likeness (QED) is 0.278. The van der Waals surface area contributed by atoms with Crippen molar-refractivity contribution in [2.45, 2.75) is 19.3 Å². The zero-order valence-corrected chi connectivity index (χ0v) is 7.31. The largest absolute Gasteiger partial charge is 0.395 e. The molecule has 0 N–H and O–H groups in total. The molecule has 0 saturated heterocycles. The van der Waals surface area contributed by atoms with Crippen LogP contribution in [0.1, 0.15) is 19.3 Å². The maximum absolute atomic E-state index is 11.3. The Kier molecular flexibility index (Phi) is 2.17. The average molecular weight is 180 g/mol. The van der Waals surface area contributed by atoms with Crippen molar-refractivity contribution >= 4 is 12.4 Å². The second-order valence-electron chi connectivity index (χ2n) is 3.76. The Balaban J connectivity index is 2.06. The van der Waals surface area contributed by atoms with E-state index in [4.69, 9.17) is 0 Å². The number of rotatable bonds is 2. The minimum Gasteiger partial charge on any atom is -0.395 e. The number of ether oxygens (including phenoxy) is 1. The minimum absolute atomic E-state index is 0.0750. The lowest BCUT2D eigenvalue weighted by molar-refractivity contribution is -0.157. The molecule has 3 rings (SSSR count). The molecule has 2 bridgehead atoms. The van der Waals surface area contributed by atoms with Crippen molar-refractivity contribution in [3.63, 3.8) is 0 Å². The van der Waals surface area contributed by atoms with Crippen molar-refractivity contribution in [1.29, 1.82) is 0 Å². The maximum atomic E-state index is 11.3. The van der Waals surface area contributed by atoms with Crippen molar-refractivity contribution in [3.05, 3.63) is 12.2 Å². The van der Waals surface area contributed by atoms with Crippen LogP contribution in [0.5, 0.6) is 0 Å². The normalized spacial score (nSPS) is 35.8. The topological polar surface area (TPSA) is 43.4 Å². The van der Waals surface area contributed by atoms with Gasteiger partial charge in [0.1, 0.15) is 0 Å². The molecule has 0 aliphatic heterocycles. The second-order valence-corrected chi connectivity index (χ2v) is 3.76. The second kappa shape index (κ2) is 3.32. The predicted molar refractivity (Wildman–Crippen MR) is 45.6 cm³/mol. The molecule has 0 aromatic rings. The number of hydrogen-bond donors (Lipinski definition) is 0. The summed E-state index contributed by atoms with van der Waals surface area (Å²) in [4.78, 5) is 21.3. The van der Waals surface area contributed by atoms with E-state index in [0.717, 1.165) is 12.8 Å². The van der Waals surface area contributed by atoms with Crippen LogP contribution in [-0.2, 0) is 14.3 Å². The minimum atomic E-state index is -0.353. The Bertz CT molecular complexity index is 257. The molecule has 0 aromatic heterocycles. The average Bonchev–Trinajstić information content (AvgIpc) is 2.20. The third-order valence-electron chi connectivity index (χ3n) is 3.04. The van der Waals surface area contributed by atoms with Crippen molar-refractivity contribution in [2.75, 3.05) is 0 Å². The van der Waals surface area contributed by atoms with Crippen molar-refractivity contribution in [2.24, 2.45) is 17.8 Å². The van der Waals surface area contributed by atoms with Crippen LogP contribution in [-0.4, -0.2) is 12.4 Å². The van der Waals surface area contributed by atoms with E-state index in [1.807, 2.05) is 0 Å². The highest BCUT2D eigenvalue weighted by Gasteiger charge is 2.37. The summed E-state index contributed by atoms with van der Waals surface area (Å²) < 4.78 is 4.38.